The summed E-state index contributed by atoms with van der Waals surface area (Å²) in [6, 6.07) is 0. The maximum absolute atomic E-state index is 12.5. The van der Waals surface area contributed by atoms with Gasteiger partial charge in [-0.25, -0.2) is 4.79 Å². The summed E-state index contributed by atoms with van der Waals surface area (Å²) >= 11 is 0. The van der Waals surface area contributed by atoms with Crippen molar-refractivity contribution in [2.24, 2.45) is 11.8 Å². The zero-order valence-corrected chi connectivity index (χ0v) is 11.5. The van der Waals surface area contributed by atoms with E-state index in [0.29, 0.717) is 24.9 Å². The van der Waals surface area contributed by atoms with E-state index >= 15 is 0 Å². The SMILES string of the molecule is O=C(O)N1CC(C2CCCN(CCS(=O)(=O)F)C2)C1. The number of amides is 1. The van der Waals surface area contributed by atoms with Gasteiger partial charge in [-0.3, -0.25) is 0 Å². The minimum Gasteiger partial charge on any atom is -0.465 e. The first-order chi connectivity index (χ1) is 8.85. The average molecular weight is 294 g/mol. The van der Waals surface area contributed by atoms with Crippen LogP contribution in [0.1, 0.15) is 12.8 Å². The second kappa shape index (κ2) is 5.62. The zero-order valence-electron chi connectivity index (χ0n) is 10.7. The molecule has 2 aliphatic rings. The van der Waals surface area contributed by atoms with Crippen molar-refractivity contribution >= 4 is 16.3 Å². The molecule has 1 amide bonds. The fourth-order valence-corrected chi connectivity index (χ4v) is 3.36. The minimum absolute atomic E-state index is 0.227. The lowest BCUT2D eigenvalue weighted by Crippen LogP contribution is -2.55. The van der Waals surface area contributed by atoms with E-state index in [4.69, 9.17) is 5.11 Å². The number of likely N-dealkylation sites (tertiary alicyclic amines) is 2. The molecule has 1 N–H and O–H groups in total. The number of hydrogen-bond acceptors (Lipinski definition) is 4. The molecule has 2 rings (SSSR count). The molecule has 0 bridgehead atoms. The fourth-order valence-electron chi connectivity index (χ4n) is 2.88. The molecule has 1 unspecified atom stereocenters. The lowest BCUT2D eigenvalue weighted by molar-refractivity contribution is 0.0281. The highest BCUT2D eigenvalue weighted by molar-refractivity contribution is 7.86. The Balaban J connectivity index is 1.77. The number of nitrogens with zero attached hydrogens (tertiary/aromatic N) is 2. The van der Waals surface area contributed by atoms with Crippen LogP contribution in [-0.4, -0.2) is 67.9 Å². The molecule has 8 heteroatoms. The van der Waals surface area contributed by atoms with Gasteiger partial charge in [-0.15, -0.1) is 3.89 Å². The highest BCUT2D eigenvalue weighted by Gasteiger charge is 2.37. The zero-order chi connectivity index (χ0) is 14.0. The van der Waals surface area contributed by atoms with E-state index in [2.05, 4.69) is 0 Å². The molecule has 1 atom stereocenters. The van der Waals surface area contributed by atoms with E-state index in [1.54, 1.807) is 0 Å². The van der Waals surface area contributed by atoms with E-state index in [-0.39, 0.29) is 6.54 Å². The summed E-state index contributed by atoms with van der Waals surface area (Å²) < 4.78 is 33.5. The Kier molecular flexibility index (Phi) is 4.29. The molecular formula is C11H19FN2O4S. The van der Waals surface area contributed by atoms with Gasteiger partial charge < -0.3 is 14.9 Å². The van der Waals surface area contributed by atoms with Crippen molar-refractivity contribution in [2.45, 2.75) is 12.8 Å². The predicted octanol–water partition coefficient (Wildman–Crippen LogP) is 0.608. The van der Waals surface area contributed by atoms with Crippen LogP contribution in [0.2, 0.25) is 0 Å². The Morgan fingerprint density at radius 2 is 1.95 bits per heavy atom. The fraction of sp³-hybridized carbons (Fsp3) is 0.909. The molecule has 0 aliphatic carbocycles. The van der Waals surface area contributed by atoms with E-state index in [0.717, 1.165) is 25.9 Å². The maximum atomic E-state index is 12.5. The molecule has 0 aromatic heterocycles. The molecule has 6 nitrogen and oxygen atoms in total. The summed E-state index contributed by atoms with van der Waals surface area (Å²) in [4.78, 5) is 14.0. The standard InChI is InChI=1S/C11H19FN2O4S/c12-19(17,18)5-4-13-3-1-2-9(6-13)10-7-14(8-10)11(15)16/h9-10H,1-8H2,(H,15,16). The van der Waals surface area contributed by atoms with Crippen molar-refractivity contribution in [1.29, 1.82) is 0 Å². The number of carboxylic acid groups (broad SMARTS) is 1. The van der Waals surface area contributed by atoms with E-state index < -0.39 is 22.1 Å². The van der Waals surface area contributed by atoms with Crippen LogP contribution in [0.5, 0.6) is 0 Å². The van der Waals surface area contributed by atoms with Gasteiger partial charge >= 0.3 is 16.3 Å². The highest BCUT2D eigenvalue weighted by Crippen LogP contribution is 2.30. The third-order valence-electron chi connectivity index (χ3n) is 4.04. The van der Waals surface area contributed by atoms with Crippen LogP contribution in [0, 0.1) is 11.8 Å². The smallest absolute Gasteiger partial charge is 0.407 e. The molecule has 0 aromatic rings. The Hall–Kier alpha value is -0.890. The third-order valence-corrected chi connectivity index (χ3v) is 4.71. The quantitative estimate of drug-likeness (QED) is 0.769. The van der Waals surface area contributed by atoms with Gasteiger partial charge in [-0.05, 0) is 31.2 Å². The molecule has 2 fully saturated rings. The topological polar surface area (TPSA) is 77.9 Å². The number of hydrogen-bond donors (Lipinski definition) is 1. The lowest BCUT2D eigenvalue weighted by atomic mass is 9.81. The first-order valence-corrected chi connectivity index (χ1v) is 8.03. The Bertz CT molecular complexity index is 436. The second-order valence-corrected chi connectivity index (χ2v) is 6.88. The minimum atomic E-state index is -4.40. The van der Waals surface area contributed by atoms with Gasteiger partial charge in [-0.1, -0.05) is 0 Å². The van der Waals surface area contributed by atoms with E-state index in [1.807, 2.05) is 4.90 Å². The third kappa shape index (κ3) is 4.04. The van der Waals surface area contributed by atoms with Crippen molar-refractivity contribution in [3.05, 3.63) is 0 Å². The summed E-state index contributed by atoms with van der Waals surface area (Å²) in [5.74, 6) is 0.304. The van der Waals surface area contributed by atoms with Crippen LogP contribution < -0.4 is 0 Å². The molecule has 0 radical (unpaired) electrons. The van der Waals surface area contributed by atoms with Crippen molar-refractivity contribution in [3.63, 3.8) is 0 Å². The summed E-state index contributed by atoms with van der Waals surface area (Å²) in [7, 11) is -4.40. The van der Waals surface area contributed by atoms with Crippen LogP contribution in [0.4, 0.5) is 8.68 Å². The van der Waals surface area contributed by atoms with Crippen LogP contribution in [-0.2, 0) is 10.2 Å². The number of halogens is 1. The molecule has 2 heterocycles. The number of carbonyl (C=O) groups is 1. The molecule has 19 heavy (non-hydrogen) atoms. The number of piperidine rings is 1. The summed E-state index contributed by atoms with van der Waals surface area (Å²) in [5.41, 5.74) is 0. The monoisotopic (exact) mass is 294 g/mol. The van der Waals surface area contributed by atoms with Gasteiger partial charge in [0.2, 0.25) is 0 Å². The van der Waals surface area contributed by atoms with Crippen LogP contribution >= 0.6 is 0 Å². The van der Waals surface area contributed by atoms with Crippen molar-refractivity contribution in [3.8, 4) is 0 Å². The van der Waals surface area contributed by atoms with E-state index in [1.165, 1.54) is 4.90 Å². The van der Waals surface area contributed by atoms with Crippen LogP contribution in [0.15, 0.2) is 0 Å². The molecule has 2 saturated heterocycles. The Morgan fingerprint density at radius 1 is 1.26 bits per heavy atom. The predicted molar refractivity (Wildman–Crippen MR) is 67.1 cm³/mol. The molecule has 0 saturated carbocycles. The normalized spacial score (nSPS) is 26.2. The van der Waals surface area contributed by atoms with Crippen LogP contribution in [0.25, 0.3) is 0 Å². The maximum Gasteiger partial charge on any atom is 0.407 e. The van der Waals surface area contributed by atoms with Crippen molar-refractivity contribution < 1.29 is 22.2 Å². The number of rotatable bonds is 4. The molecular weight excluding hydrogens is 275 g/mol. The van der Waals surface area contributed by atoms with Crippen molar-refractivity contribution in [2.75, 3.05) is 38.5 Å². The van der Waals surface area contributed by atoms with Gasteiger partial charge in [0, 0.05) is 26.2 Å². The van der Waals surface area contributed by atoms with Gasteiger partial charge in [0.15, 0.2) is 0 Å². The Labute approximate surface area is 112 Å². The largest absolute Gasteiger partial charge is 0.465 e. The Morgan fingerprint density at radius 3 is 2.53 bits per heavy atom. The van der Waals surface area contributed by atoms with Gasteiger partial charge in [0.1, 0.15) is 0 Å². The molecule has 0 spiro atoms. The molecule has 2 aliphatic heterocycles. The average Bonchev–Trinajstić information content (AvgIpc) is 2.23. The van der Waals surface area contributed by atoms with Gasteiger partial charge in [0.05, 0.1) is 5.75 Å². The van der Waals surface area contributed by atoms with Gasteiger partial charge in [-0.2, -0.15) is 8.42 Å². The summed E-state index contributed by atoms with van der Waals surface area (Å²) in [6.07, 6.45) is 1.12. The summed E-state index contributed by atoms with van der Waals surface area (Å²) in [6.45, 7) is 2.89. The van der Waals surface area contributed by atoms with Gasteiger partial charge in [0.25, 0.3) is 0 Å². The molecule has 110 valence electrons. The second-order valence-electron chi connectivity index (χ2n) is 5.39. The van der Waals surface area contributed by atoms with E-state index in [9.17, 15) is 17.1 Å². The first-order valence-electron chi connectivity index (χ1n) is 6.48. The van der Waals surface area contributed by atoms with Crippen molar-refractivity contribution in [1.82, 2.24) is 9.80 Å². The molecule has 0 aromatic carbocycles. The highest BCUT2D eigenvalue weighted by atomic mass is 32.3. The first kappa shape index (κ1) is 14.5. The summed E-state index contributed by atoms with van der Waals surface area (Å²) in [5, 5.41) is 8.78. The van der Waals surface area contributed by atoms with Crippen LogP contribution in [0.3, 0.4) is 0 Å². The lowest BCUT2D eigenvalue weighted by Gasteiger charge is -2.45.